The molecule has 1 N–H and O–H groups in total. The number of pyridine rings is 1. The Morgan fingerprint density at radius 3 is 2.65 bits per heavy atom. The van der Waals surface area contributed by atoms with Crippen LogP contribution in [-0.4, -0.2) is 24.0 Å². The molecule has 0 spiro atoms. The zero-order valence-electron chi connectivity index (χ0n) is 11.8. The lowest BCUT2D eigenvalue weighted by molar-refractivity contribution is 0.0951. The zero-order chi connectivity index (χ0) is 14.4. The summed E-state index contributed by atoms with van der Waals surface area (Å²) in [7, 11) is 0. The second-order valence-corrected chi connectivity index (χ2v) is 5.17. The van der Waals surface area contributed by atoms with Gasteiger partial charge in [0.2, 0.25) is 0 Å². The molecule has 20 heavy (non-hydrogen) atoms. The number of nitrogens with zero attached hydrogens (tertiary/aromatic N) is 2. The quantitative estimate of drug-likeness (QED) is 0.889. The number of thiophene rings is 1. The van der Waals surface area contributed by atoms with E-state index in [2.05, 4.69) is 29.0 Å². The van der Waals surface area contributed by atoms with Gasteiger partial charge in [-0.25, -0.2) is 4.98 Å². The average Bonchev–Trinajstić information content (AvgIpc) is 3.01. The molecule has 0 saturated carbocycles. The summed E-state index contributed by atoms with van der Waals surface area (Å²) in [6, 6.07) is 5.83. The molecular formula is C15H19N3OS. The van der Waals surface area contributed by atoms with E-state index in [1.54, 1.807) is 0 Å². The average molecular weight is 289 g/mol. The van der Waals surface area contributed by atoms with Gasteiger partial charge in [-0.3, -0.25) is 4.79 Å². The Morgan fingerprint density at radius 2 is 2.10 bits per heavy atom. The van der Waals surface area contributed by atoms with Crippen LogP contribution in [0.25, 0.3) is 0 Å². The van der Waals surface area contributed by atoms with Crippen LogP contribution in [0.5, 0.6) is 0 Å². The molecule has 106 valence electrons. The van der Waals surface area contributed by atoms with Gasteiger partial charge in [0, 0.05) is 36.8 Å². The van der Waals surface area contributed by atoms with Crippen LogP contribution >= 0.6 is 11.3 Å². The van der Waals surface area contributed by atoms with Gasteiger partial charge < -0.3 is 10.2 Å². The first kappa shape index (κ1) is 14.5. The van der Waals surface area contributed by atoms with E-state index in [0.29, 0.717) is 12.1 Å². The van der Waals surface area contributed by atoms with Crippen LogP contribution in [0.15, 0.2) is 35.2 Å². The standard InChI is InChI=1S/C15H19N3OS/c1-3-18(4-2)14-6-5-12(9-16-14)10-17-15(19)13-7-8-20-11-13/h5-9,11H,3-4,10H2,1-2H3,(H,17,19). The zero-order valence-corrected chi connectivity index (χ0v) is 12.6. The van der Waals surface area contributed by atoms with Gasteiger partial charge in [0.25, 0.3) is 5.91 Å². The van der Waals surface area contributed by atoms with Gasteiger partial charge in [-0.15, -0.1) is 0 Å². The fourth-order valence-electron chi connectivity index (χ4n) is 1.93. The van der Waals surface area contributed by atoms with Crippen molar-refractivity contribution in [1.29, 1.82) is 0 Å². The molecule has 1 amide bonds. The van der Waals surface area contributed by atoms with Crippen LogP contribution in [-0.2, 0) is 6.54 Å². The van der Waals surface area contributed by atoms with Gasteiger partial charge in [-0.05, 0) is 36.9 Å². The number of hydrogen-bond donors (Lipinski definition) is 1. The lowest BCUT2D eigenvalue weighted by Crippen LogP contribution is -2.24. The summed E-state index contributed by atoms with van der Waals surface area (Å²) < 4.78 is 0. The van der Waals surface area contributed by atoms with E-state index in [1.807, 2.05) is 35.2 Å². The van der Waals surface area contributed by atoms with Gasteiger partial charge in [0.1, 0.15) is 5.82 Å². The highest BCUT2D eigenvalue weighted by molar-refractivity contribution is 7.08. The van der Waals surface area contributed by atoms with Crippen molar-refractivity contribution >= 4 is 23.1 Å². The van der Waals surface area contributed by atoms with E-state index >= 15 is 0 Å². The summed E-state index contributed by atoms with van der Waals surface area (Å²) in [4.78, 5) is 18.4. The molecule has 0 saturated heterocycles. The highest BCUT2D eigenvalue weighted by atomic mass is 32.1. The lowest BCUT2D eigenvalue weighted by Gasteiger charge is -2.19. The highest BCUT2D eigenvalue weighted by Gasteiger charge is 2.06. The summed E-state index contributed by atoms with van der Waals surface area (Å²) in [5, 5.41) is 6.63. The van der Waals surface area contributed by atoms with Crippen LogP contribution in [0.3, 0.4) is 0 Å². The number of anilines is 1. The second kappa shape index (κ2) is 7.05. The molecule has 0 bridgehead atoms. The van der Waals surface area contributed by atoms with Crippen molar-refractivity contribution in [2.45, 2.75) is 20.4 Å². The van der Waals surface area contributed by atoms with Gasteiger partial charge in [-0.1, -0.05) is 6.07 Å². The molecule has 2 aromatic heterocycles. The van der Waals surface area contributed by atoms with Crippen LogP contribution in [0.2, 0.25) is 0 Å². The molecule has 2 aromatic rings. The van der Waals surface area contributed by atoms with Crippen LogP contribution in [0.4, 0.5) is 5.82 Å². The first-order valence-electron chi connectivity index (χ1n) is 6.74. The van der Waals surface area contributed by atoms with Crippen molar-refractivity contribution in [2.75, 3.05) is 18.0 Å². The third-order valence-electron chi connectivity index (χ3n) is 3.13. The fourth-order valence-corrected chi connectivity index (χ4v) is 2.57. The Balaban J connectivity index is 1.92. The third kappa shape index (κ3) is 3.57. The fraction of sp³-hybridized carbons (Fsp3) is 0.333. The Labute approximate surface area is 123 Å². The summed E-state index contributed by atoms with van der Waals surface area (Å²) in [5.74, 6) is 0.932. The maximum absolute atomic E-state index is 11.8. The van der Waals surface area contributed by atoms with E-state index in [4.69, 9.17) is 0 Å². The van der Waals surface area contributed by atoms with E-state index in [9.17, 15) is 4.79 Å². The molecule has 0 fully saturated rings. The largest absolute Gasteiger partial charge is 0.357 e. The predicted molar refractivity (Wildman–Crippen MR) is 83.3 cm³/mol. The number of rotatable bonds is 6. The number of aromatic nitrogens is 1. The SMILES string of the molecule is CCN(CC)c1ccc(CNC(=O)c2ccsc2)cn1. The molecule has 0 aliphatic carbocycles. The van der Waals surface area contributed by atoms with E-state index in [-0.39, 0.29) is 5.91 Å². The summed E-state index contributed by atoms with van der Waals surface area (Å²) in [6.07, 6.45) is 1.82. The minimum Gasteiger partial charge on any atom is -0.357 e. The number of hydrogen-bond acceptors (Lipinski definition) is 4. The van der Waals surface area contributed by atoms with Gasteiger partial charge in [-0.2, -0.15) is 11.3 Å². The van der Waals surface area contributed by atoms with Gasteiger partial charge in [0.15, 0.2) is 0 Å². The van der Waals surface area contributed by atoms with Crippen molar-refractivity contribution in [1.82, 2.24) is 10.3 Å². The van der Waals surface area contributed by atoms with Crippen molar-refractivity contribution in [3.05, 3.63) is 46.3 Å². The van der Waals surface area contributed by atoms with Crippen LogP contribution < -0.4 is 10.2 Å². The molecule has 0 aliphatic rings. The Bertz CT molecular complexity index is 533. The normalized spacial score (nSPS) is 10.3. The summed E-state index contributed by atoms with van der Waals surface area (Å²) >= 11 is 1.52. The van der Waals surface area contributed by atoms with Crippen molar-refractivity contribution in [2.24, 2.45) is 0 Å². The third-order valence-corrected chi connectivity index (χ3v) is 3.82. The first-order chi connectivity index (χ1) is 9.74. The molecule has 2 rings (SSSR count). The highest BCUT2D eigenvalue weighted by Crippen LogP contribution is 2.11. The molecule has 0 aliphatic heterocycles. The predicted octanol–water partition coefficient (Wildman–Crippen LogP) is 2.92. The van der Waals surface area contributed by atoms with Crippen LogP contribution in [0.1, 0.15) is 29.8 Å². The maximum Gasteiger partial charge on any atom is 0.252 e. The summed E-state index contributed by atoms with van der Waals surface area (Å²) in [6.45, 7) is 6.61. The molecule has 0 radical (unpaired) electrons. The summed E-state index contributed by atoms with van der Waals surface area (Å²) in [5.41, 5.74) is 1.72. The molecule has 0 aromatic carbocycles. The Kier molecular flexibility index (Phi) is 5.12. The Hall–Kier alpha value is -1.88. The molecular weight excluding hydrogens is 270 g/mol. The number of amides is 1. The van der Waals surface area contributed by atoms with Gasteiger partial charge >= 0.3 is 0 Å². The monoisotopic (exact) mass is 289 g/mol. The van der Waals surface area contributed by atoms with Crippen molar-refractivity contribution in [3.63, 3.8) is 0 Å². The van der Waals surface area contributed by atoms with Crippen LogP contribution in [0, 0.1) is 0 Å². The topological polar surface area (TPSA) is 45.2 Å². The van der Waals surface area contributed by atoms with Crippen molar-refractivity contribution < 1.29 is 4.79 Å². The number of carbonyl (C=O) groups excluding carboxylic acids is 1. The smallest absolute Gasteiger partial charge is 0.252 e. The Morgan fingerprint density at radius 1 is 1.30 bits per heavy atom. The van der Waals surface area contributed by atoms with E-state index in [1.165, 1.54) is 11.3 Å². The van der Waals surface area contributed by atoms with Crippen molar-refractivity contribution in [3.8, 4) is 0 Å². The minimum atomic E-state index is -0.0425. The van der Waals surface area contributed by atoms with Gasteiger partial charge in [0.05, 0.1) is 0 Å². The molecule has 0 unspecified atom stereocenters. The molecule has 2 heterocycles. The molecule has 0 atom stereocenters. The van der Waals surface area contributed by atoms with E-state index < -0.39 is 0 Å². The first-order valence-corrected chi connectivity index (χ1v) is 7.69. The second-order valence-electron chi connectivity index (χ2n) is 4.39. The molecule has 4 nitrogen and oxygen atoms in total. The minimum absolute atomic E-state index is 0.0425. The molecule has 5 heteroatoms. The maximum atomic E-state index is 11.8. The lowest BCUT2D eigenvalue weighted by atomic mass is 10.2. The van der Waals surface area contributed by atoms with E-state index in [0.717, 1.165) is 24.5 Å². The number of nitrogens with one attached hydrogen (secondary N) is 1. The number of carbonyl (C=O) groups is 1.